The van der Waals surface area contributed by atoms with E-state index in [0.29, 0.717) is 28.2 Å². The van der Waals surface area contributed by atoms with Gasteiger partial charge in [-0.2, -0.15) is 10.2 Å². The number of hydrogen-bond donors (Lipinski definition) is 2. The minimum Gasteiger partial charge on any atom is -0.489 e. The third kappa shape index (κ3) is 6.18. The van der Waals surface area contributed by atoms with E-state index in [2.05, 4.69) is 21.9 Å². The van der Waals surface area contributed by atoms with Crippen molar-refractivity contribution in [2.45, 2.75) is 58.8 Å². The highest BCUT2D eigenvalue weighted by molar-refractivity contribution is 7.17. The van der Waals surface area contributed by atoms with E-state index < -0.39 is 35.7 Å². The number of aliphatic hydroxyl groups excluding tert-OH is 1. The number of aliphatic hydroxyl groups is 1. The van der Waals surface area contributed by atoms with Crippen molar-refractivity contribution in [3.63, 3.8) is 0 Å². The van der Waals surface area contributed by atoms with Crippen LogP contribution in [0, 0.1) is 30.3 Å². The van der Waals surface area contributed by atoms with Crippen LogP contribution in [0.2, 0.25) is 0 Å². The first kappa shape index (κ1) is 34.4. The number of hydrogen-bond acceptors (Lipinski definition) is 7. The molecule has 0 saturated heterocycles. The van der Waals surface area contributed by atoms with E-state index in [4.69, 9.17) is 9.72 Å². The van der Waals surface area contributed by atoms with E-state index >= 15 is 8.78 Å². The molecule has 0 aliphatic heterocycles. The van der Waals surface area contributed by atoms with E-state index in [1.165, 1.54) is 11.5 Å². The van der Waals surface area contributed by atoms with Crippen LogP contribution >= 0.6 is 11.3 Å². The molecule has 7 rings (SSSR count). The van der Waals surface area contributed by atoms with Gasteiger partial charge >= 0.3 is 0 Å². The average molecular weight is 715 g/mol. The Morgan fingerprint density at radius 3 is 2.61 bits per heavy atom. The molecule has 0 bridgehead atoms. The standard InChI is InChI=1S/C38H37F3N6O3S/c1-7-32(49)47(16-18(2)3)20(5)28-15-30(44-43-28)37-35(33-26(40)11-22(39)12-31(33)50-24-13-23(48)14-24)34-27(41)17-51-38(34)36(42-37)21-8-9-25-19(4)46(6)45-29(25)10-21/h7-12,15,17-18,20,23-24,48H,1,13-14,16H2,2-6H3,(H,43,44)/t20-,23?,24?/m1/s1. The van der Waals surface area contributed by atoms with Gasteiger partial charge in [-0.1, -0.05) is 32.6 Å². The number of pyridine rings is 1. The third-order valence-electron chi connectivity index (χ3n) is 9.49. The third-order valence-corrected chi connectivity index (χ3v) is 10.4. The predicted octanol–water partition coefficient (Wildman–Crippen LogP) is 8.27. The van der Waals surface area contributed by atoms with Crippen LogP contribution in [0.4, 0.5) is 13.2 Å². The number of thiophene rings is 1. The number of aromatic amines is 1. The number of benzene rings is 2. The molecule has 51 heavy (non-hydrogen) atoms. The number of halogens is 3. The zero-order valence-electron chi connectivity index (χ0n) is 28.8. The summed E-state index contributed by atoms with van der Waals surface area (Å²) in [5, 5.41) is 24.5. The Kier molecular flexibility index (Phi) is 8.96. The van der Waals surface area contributed by atoms with Crippen molar-refractivity contribution in [2.75, 3.05) is 6.54 Å². The number of aryl methyl sites for hydroxylation is 2. The molecule has 0 unspecified atom stereocenters. The number of carbonyl (C=O) groups is 1. The number of H-pyrrole nitrogens is 1. The molecule has 0 spiro atoms. The summed E-state index contributed by atoms with van der Waals surface area (Å²) < 4.78 is 55.6. The monoisotopic (exact) mass is 714 g/mol. The van der Waals surface area contributed by atoms with Crippen molar-refractivity contribution >= 4 is 38.2 Å². The van der Waals surface area contributed by atoms with Crippen molar-refractivity contribution in [1.29, 1.82) is 0 Å². The summed E-state index contributed by atoms with van der Waals surface area (Å²) in [5.74, 6) is -2.70. The van der Waals surface area contributed by atoms with Gasteiger partial charge in [-0.05, 0) is 38.0 Å². The maximum atomic E-state index is 16.2. The zero-order valence-corrected chi connectivity index (χ0v) is 29.6. The van der Waals surface area contributed by atoms with Crippen molar-refractivity contribution in [2.24, 2.45) is 13.0 Å². The van der Waals surface area contributed by atoms with Crippen molar-refractivity contribution in [3.05, 3.63) is 83.3 Å². The topological polar surface area (TPSA) is 109 Å². The Labute approximate surface area is 296 Å². The molecule has 4 heterocycles. The normalized spacial score (nSPS) is 16.5. The molecular weight excluding hydrogens is 678 g/mol. The SMILES string of the molecule is C=CC(=O)N(CC(C)C)[C@H](C)c1cc(-c2nc(-c3ccc4c(C)n(C)nc4c3)c3scc(F)c3c2-c2c(F)cc(F)cc2OC2CC(O)C2)n[nH]1. The zero-order chi connectivity index (χ0) is 36.3. The summed E-state index contributed by atoms with van der Waals surface area (Å²) in [6.07, 6.45) is 0.767. The van der Waals surface area contributed by atoms with E-state index in [0.717, 1.165) is 40.1 Å². The van der Waals surface area contributed by atoms with Gasteiger partial charge in [0.2, 0.25) is 5.91 Å². The Bertz CT molecular complexity index is 2320. The number of nitrogens with zero attached hydrogens (tertiary/aromatic N) is 5. The number of nitrogens with one attached hydrogen (secondary N) is 1. The molecule has 264 valence electrons. The van der Waals surface area contributed by atoms with Crippen LogP contribution in [-0.4, -0.2) is 59.6 Å². The molecule has 9 nitrogen and oxygen atoms in total. The summed E-state index contributed by atoms with van der Waals surface area (Å²) in [7, 11) is 1.86. The molecule has 4 aromatic heterocycles. The number of amides is 1. The Morgan fingerprint density at radius 2 is 1.90 bits per heavy atom. The molecule has 1 saturated carbocycles. The maximum Gasteiger partial charge on any atom is 0.246 e. The minimum absolute atomic E-state index is 0.0431. The first-order chi connectivity index (χ1) is 24.3. The molecule has 13 heteroatoms. The Hall–Kier alpha value is -5.01. The van der Waals surface area contributed by atoms with Gasteiger partial charge in [-0.15, -0.1) is 11.3 Å². The van der Waals surface area contributed by atoms with Gasteiger partial charge in [0, 0.05) is 71.5 Å². The van der Waals surface area contributed by atoms with Gasteiger partial charge in [0.1, 0.15) is 40.7 Å². The fourth-order valence-corrected chi connectivity index (χ4v) is 7.60. The van der Waals surface area contributed by atoms with Crippen LogP contribution < -0.4 is 4.74 Å². The smallest absolute Gasteiger partial charge is 0.246 e. The molecule has 1 aliphatic rings. The number of carbonyl (C=O) groups excluding carboxylic acids is 1. The van der Waals surface area contributed by atoms with Crippen molar-refractivity contribution < 1.29 is 27.8 Å². The lowest BCUT2D eigenvalue weighted by Gasteiger charge is -2.32. The second kappa shape index (κ2) is 13.3. The average Bonchev–Trinajstić information content (AvgIpc) is 3.79. The second-order valence-electron chi connectivity index (χ2n) is 13.5. The molecule has 6 aromatic rings. The molecule has 0 radical (unpaired) electrons. The Morgan fingerprint density at radius 1 is 1.14 bits per heavy atom. The predicted molar refractivity (Wildman–Crippen MR) is 192 cm³/mol. The van der Waals surface area contributed by atoms with E-state index in [-0.39, 0.29) is 58.3 Å². The highest BCUT2D eigenvalue weighted by Gasteiger charge is 2.33. The largest absolute Gasteiger partial charge is 0.489 e. The van der Waals surface area contributed by atoms with Gasteiger partial charge < -0.3 is 14.7 Å². The fraction of sp³-hybridized carbons (Fsp3) is 0.316. The number of aromatic nitrogens is 5. The van der Waals surface area contributed by atoms with Crippen LogP contribution in [-0.2, 0) is 11.8 Å². The maximum absolute atomic E-state index is 16.2. The van der Waals surface area contributed by atoms with Crippen LogP contribution in [0.1, 0.15) is 51.0 Å². The summed E-state index contributed by atoms with van der Waals surface area (Å²) in [6, 6.07) is 8.73. The van der Waals surface area contributed by atoms with Crippen molar-refractivity contribution in [1.82, 2.24) is 29.9 Å². The minimum atomic E-state index is -0.971. The van der Waals surface area contributed by atoms with Gasteiger partial charge in [0.25, 0.3) is 0 Å². The van der Waals surface area contributed by atoms with Gasteiger partial charge in [-0.3, -0.25) is 14.6 Å². The first-order valence-electron chi connectivity index (χ1n) is 16.7. The van der Waals surface area contributed by atoms with E-state index in [1.54, 1.807) is 15.6 Å². The van der Waals surface area contributed by atoms with Crippen LogP contribution in [0.25, 0.3) is 54.8 Å². The highest BCUT2D eigenvalue weighted by Crippen LogP contribution is 2.48. The molecule has 1 fully saturated rings. The lowest BCUT2D eigenvalue weighted by molar-refractivity contribution is -0.128. The number of rotatable bonds is 10. The highest BCUT2D eigenvalue weighted by atomic mass is 32.1. The molecule has 1 atom stereocenters. The molecule has 2 N–H and O–H groups in total. The van der Waals surface area contributed by atoms with Crippen LogP contribution in [0.5, 0.6) is 5.75 Å². The fourth-order valence-electron chi connectivity index (χ4n) is 6.67. The molecule has 2 aromatic carbocycles. The lowest BCUT2D eigenvalue weighted by Crippen LogP contribution is -2.37. The van der Waals surface area contributed by atoms with E-state index in [9.17, 15) is 14.3 Å². The lowest BCUT2D eigenvalue weighted by atomic mass is 9.91. The molecular formula is C38H37F3N6O3S. The first-order valence-corrected chi connectivity index (χ1v) is 17.6. The van der Waals surface area contributed by atoms with Crippen molar-refractivity contribution in [3.8, 4) is 39.5 Å². The van der Waals surface area contributed by atoms with Gasteiger partial charge in [0.05, 0.1) is 39.3 Å². The summed E-state index contributed by atoms with van der Waals surface area (Å²) >= 11 is 1.12. The Balaban J connectivity index is 1.49. The quantitative estimate of drug-likeness (QED) is 0.138. The molecule has 1 amide bonds. The van der Waals surface area contributed by atoms with E-state index in [1.807, 2.05) is 52.9 Å². The number of fused-ring (bicyclic) bond motifs is 2. The van der Waals surface area contributed by atoms with Gasteiger partial charge in [0.15, 0.2) is 0 Å². The second-order valence-corrected chi connectivity index (χ2v) is 14.4. The van der Waals surface area contributed by atoms with Gasteiger partial charge in [-0.25, -0.2) is 18.2 Å². The van der Waals surface area contributed by atoms with Crippen LogP contribution in [0.3, 0.4) is 0 Å². The van der Waals surface area contributed by atoms with Crippen LogP contribution in [0.15, 0.2) is 54.4 Å². The summed E-state index contributed by atoms with van der Waals surface area (Å²) in [5.41, 5.74) is 3.58. The summed E-state index contributed by atoms with van der Waals surface area (Å²) in [4.78, 5) is 19.7. The molecule has 1 aliphatic carbocycles. The summed E-state index contributed by atoms with van der Waals surface area (Å²) in [6.45, 7) is 11.9. The number of ether oxygens (including phenoxy) is 1.